The van der Waals surface area contributed by atoms with E-state index in [9.17, 15) is 19.2 Å². The Balaban J connectivity index is 2.17. The molecule has 1 aromatic rings. The number of carbonyl (C=O) groups excluding carboxylic acids is 3. The van der Waals surface area contributed by atoms with Crippen molar-refractivity contribution in [3.8, 4) is 0 Å². The molecule has 2 rings (SSSR count). The van der Waals surface area contributed by atoms with E-state index in [4.69, 9.17) is 9.84 Å². The Morgan fingerprint density at radius 1 is 1.33 bits per heavy atom. The van der Waals surface area contributed by atoms with Crippen molar-refractivity contribution in [2.24, 2.45) is 0 Å². The largest absolute Gasteiger partial charge is 0.478 e. The molecule has 1 saturated heterocycles. The molecule has 0 radical (unpaired) electrons. The first-order valence-electron chi connectivity index (χ1n) is 7.06. The predicted molar refractivity (Wildman–Crippen MR) is 87.3 cm³/mol. The molecule has 1 aliphatic heterocycles. The van der Waals surface area contributed by atoms with Gasteiger partial charge in [-0.3, -0.25) is 19.3 Å². The summed E-state index contributed by atoms with van der Waals surface area (Å²) in [5, 5.41) is 8.40. The maximum Gasteiger partial charge on any atom is 0.335 e. The van der Waals surface area contributed by atoms with Crippen LogP contribution in [-0.2, 0) is 14.3 Å². The fourth-order valence-corrected chi connectivity index (χ4v) is 2.82. The lowest BCUT2D eigenvalue weighted by atomic mass is 10.1. The van der Waals surface area contributed by atoms with E-state index in [1.165, 1.54) is 18.2 Å². The third-order valence-electron chi connectivity index (χ3n) is 2.96. The minimum absolute atomic E-state index is 0.0727. The predicted octanol–water partition coefficient (Wildman–Crippen LogP) is 2.37. The van der Waals surface area contributed by atoms with E-state index < -0.39 is 29.6 Å². The summed E-state index contributed by atoms with van der Waals surface area (Å²) in [6, 6.07) is 5.98. The fourth-order valence-electron chi connectivity index (χ4n) is 1.98. The molecule has 24 heavy (non-hydrogen) atoms. The molecule has 0 unspecified atom stereocenters. The highest BCUT2D eigenvalue weighted by Gasteiger charge is 2.36. The molecule has 0 bridgehead atoms. The van der Waals surface area contributed by atoms with Gasteiger partial charge in [0.25, 0.3) is 11.1 Å². The summed E-state index contributed by atoms with van der Waals surface area (Å²) in [4.78, 5) is 47.7. The summed E-state index contributed by atoms with van der Waals surface area (Å²) in [6.45, 7) is 2.89. The van der Waals surface area contributed by atoms with Crippen LogP contribution in [0.3, 0.4) is 0 Å². The second-order valence-corrected chi connectivity index (χ2v) is 6.23. The third-order valence-corrected chi connectivity index (χ3v) is 3.87. The lowest BCUT2D eigenvalue weighted by Gasteiger charge is -2.13. The lowest BCUT2D eigenvalue weighted by molar-refractivity contribution is -0.149. The number of esters is 1. The standard InChI is InChI=1S/C16H15NO6S/c1-9(2)23-13(18)8-17-14(19)12(24-16(17)22)7-10-4-3-5-11(6-10)15(20)21/h3-7,9H,8H2,1-2H3,(H,20,21)/b12-7-. The molecule has 0 saturated carbocycles. The number of ether oxygens (including phenoxy) is 1. The molecule has 0 aromatic heterocycles. The van der Waals surface area contributed by atoms with Gasteiger partial charge in [-0.25, -0.2) is 4.79 Å². The number of thioether (sulfide) groups is 1. The first-order chi connectivity index (χ1) is 11.3. The molecule has 1 aliphatic rings. The van der Waals surface area contributed by atoms with Gasteiger partial charge in [0.2, 0.25) is 0 Å². The van der Waals surface area contributed by atoms with Crippen molar-refractivity contribution in [2.75, 3.05) is 6.54 Å². The van der Waals surface area contributed by atoms with Crippen LogP contribution in [0.1, 0.15) is 29.8 Å². The van der Waals surface area contributed by atoms with Crippen LogP contribution in [0.15, 0.2) is 29.2 Å². The summed E-state index contributed by atoms with van der Waals surface area (Å²) < 4.78 is 4.93. The molecule has 0 aliphatic carbocycles. The highest BCUT2D eigenvalue weighted by molar-refractivity contribution is 8.18. The normalized spacial score (nSPS) is 16.1. The summed E-state index contributed by atoms with van der Waals surface area (Å²) in [6.07, 6.45) is 1.08. The van der Waals surface area contributed by atoms with Crippen molar-refractivity contribution in [1.82, 2.24) is 4.90 Å². The fraction of sp³-hybridized carbons (Fsp3) is 0.250. The van der Waals surface area contributed by atoms with Crippen molar-refractivity contribution in [3.63, 3.8) is 0 Å². The van der Waals surface area contributed by atoms with Gasteiger partial charge < -0.3 is 9.84 Å². The molecule has 1 heterocycles. The summed E-state index contributed by atoms with van der Waals surface area (Å²) in [5.41, 5.74) is 0.550. The monoisotopic (exact) mass is 349 g/mol. The van der Waals surface area contributed by atoms with Crippen LogP contribution in [0, 0.1) is 0 Å². The van der Waals surface area contributed by atoms with Crippen molar-refractivity contribution in [1.29, 1.82) is 0 Å². The van der Waals surface area contributed by atoms with Gasteiger partial charge in [-0.05, 0) is 49.4 Å². The van der Waals surface area contributed by atoms with Crippen LogP contribution in [-0.4, -0.2) is 45.7 Å². The third kappa shape index (κ3) is 4.23. The summed E-state index contributed by atoms with van der Waals surface area (Å²) >= 11 is 0.695. The minimum Gasteiger partial charge on any atom is -0.478 e. The number of rotatable bonds is 5. The van der Waals surface area contributed by atoms with Crippen LogP contribution >= 0.6 is 11.8 Å². The van der Waals surface area contributed by atoms with Gasteiger partial charge in [0.15, 0.2) is 0 Å². The molecule has 7 nitrogen and oxygen atoms in total. The molecule has 0 spiro atoms. The molecule has 1 N–H and O–H groups in total. The molecular weight excluding hydrogens is 334 g/mol. The molecule has 1 fully saturated rings. The van der Waals surface area contributed by atoms with Gasteiger partial charge >= 0.3 is 11.9 Å². The zero-order chi connectivity index (χ0) is 17.9. The second kappa shape index (κ2) is 7.31. The Hall–Kier alpha value is -2.61. The average Bonchev–Trinajstić information content (AvgIpc) is 2.74. The average molecular weight is 349 g/mol. The molecule has 8 heteroatoms. The Labute approximate surface area is 142 Å². The number of carboxylic acids is 1. The van der Waals surface area contributed by atoms with E-state index in [1.54, 1.807) is 26.0 Å². The second-order valence-electron chi connectivity index (χ2n) is 5.24. The van der Waals surface area contributed by atoms with Gasteiger partial charge in [-0.1, -0.05) is 12.1 Å². The van der Waals surface area contributed by atoms with E-state index >= 15 is 0 Å². The molecule has 0 atom stereocenters. The summed E-state index contributed by atoms with van der Waals surface area (Å²) in [7, 11) is 0. The highest BCUT2D eigenvalue weighted by atomic mass is 32.2. The van der Waals surface area contributed by atoms with Gasteiger partial charge in [0.05, 0.1) is 16.6 Å². The smallest absolute Gasteiger partial charge is 0.335 e. The SMILES string of the molecule is CC(C)OC(=O)CN1C(=O)S/C(=C\c2cccc(C(=O)O)c2)C1=O. The zero-order valence-electron chi connectivity index (χ0n) is 13.0. The van der Waals surface area contributed by atoms with Crippen LogP contribution < -0.4 is 0 Å². The number of carboxylic acid groups (broad SMARTS) is 1. The maximum absolute atomic E-state index is 12.3. The number of hydrogen-bond donors (Lipinski definition) is 1. The van der Waals surface area contributed by atoms with Gasteiger partial charge in [0, 0.05) is 0 Å². The van der Waals surface area contributed by atoms with Crippen molar-refractivity contribution in [2.45, 2.75) is 20.0 Å². The van der Waals surface area contributed by atoms with Gasteiger partial charge in [-0.15, -0.1) is 0 Å². The molecule has 2 amide bonds. The van der Waals surface area contributed by atoms with E-state index in [-0.39, 0.29) is 16.6 Å². The number of hydrogen-bond acceptors (Lipinski definition) is 6. The maximum atomic E-state index is 12.3. The molecule has 126 valence electrons. The van der Waals surface area contributed by atoms with E-state index in [1.807, 2.05) is 0 Å². The van der Waals surface area contributed by atoms with E-state index in [0.29, 0.717) is 17.3 Å². The Bertz CT molecular complexity index is 740. The van der Waals surface area contributed by atoms with Gasteiger partial charge in [-0.2, -0.15) is 0 Å². The first kappa shape index (κ1) is 17.7. The van der Waals surface area contributed by atoms with Crippen molar-refractivity contribution in [3.05, 3.63) is 40.3 Å². The van der Waals surface area contributed by atoms with Gasteiger partial charge in [0.1, 0.15) is 6.54 Å². The van der Waals surface area contributed by atoms with Crippen LogP contribution in [0.5, 0.6) is 0 Å². The lowest BCUT2D eigenvalue weighted by Crippen LogP contribution is -2.35. The Morgan fingerprint density at radius 2 is 2.04 bits per heavy atom. The van der Waals surface area contributed by atoms with Crippen molar-refractivity contribution < 1.29 is 29.0 Å². The van der Waals surface area contributed by atoms with E-state index in [0.717, 1.165) is 4.90 Å². The zero-order valence-corrected chi connectivity index (χ0v) is 13.8. The molecular formula is C16H15NO6S. The number of benzene rings is 1. The van der Waals surface area contributed by atoms with E-state index in [2.05, 4.69) is 0 Å². The van der Waals surface area contributed by atoms with Crippen LogP contribution in [0.25, 0.3) is 6.08 Å². The number of amides is 2. The number of nitrogens with zero attached hydrogens (tertiary/aromatic N) is 1. The van der Waals surface area contributed by atoms with Crippen LogP contribution in [0.4, 0.5) is 4.79 Å². The number of carbonyl (C=O) groups is 4. The number of imide groups is 1. The Morgan fingerprint density at radius 3 is 2.67 bits per heavy atom. The van der Waals surface area contributed by atoms with Crippen LogP contribution in [0.2, 0.25) is 0 Å². The highest BCUT2D eigenvalue weighted by Crippen LogP contribution is 2.32. The number of aromatic carboxylic acids is 1. The topological polar surface area (TPSA) is 101 Å². The first-order valence-corrected chi connectivity index (χ1v) is 7.88. The van der Waals surface area contributed by atoms with Crippen molar-refractivity contribution >= 4 is 40.9 Å². The quantitative estimate of drug-likeness (QED) is 0.643. The summed E-state index contributed by atoms with van der Waals surface area (Å²) in [5.74, 6) is -2.36. The molecule has 1 aromatic carbocycles. The minimum atomic E-state index is -1.09. The Kier molecular flexibility index (Phi) is 5.40.